The highest BCUT2D eigenvalue weighted by atomic mass is 16.3. The van der Waals surface area contributed by atoms with E-state index < -0.39 is 0 Å². The number of nitrogens with one attached hydrogen (secondary N) is 1. The van der Waals surface area contributed by atoms with Crippen LogP contribution in [0.4, 0.5) is 0 Å². The van der Waals surface area contributed by atoms with Crippen LogP contribution >= 0.6 is 0 Å². The maximum absolute atomic E-state index is 9.67. The summed E-state index contributed by atoms with van der Waals surface area (Å²) in [6.45, 7) is 0.177. The van der Waals surface area contributed by atoms with E-state index in [9.17, 15) is 5.11 Å². The van der Waals surface area contributed by atoms with Gasteiger partial charge in [-0.3, -0.25) is 0 Å². The molecule has 2 aromatic carbocycles. The van der Waals surface area contributed by atoms with E-state index in [0.717, 1.165) is 24.8 Å². The molecular formula is C20H24N2O. The van der Waals surface area contributed by atoms with Crippen molar-refractivity contribution in [3.8, 4) is 0 Å². The second-order valence-corrected chi connectivity index (χ2v) is 6.30. The predicted molar refractivity (Wildman–Crippen MR) is 95.3 cm³/mol. The Morgan fingerprint density at radius 1 is 0.957 bits per heavy atom. The van der Waals surface area contributed by atoms with Gasteiger partial charge in [0.25, 0.3) is 0 Å². The normalized spacial score (nSPS) is 14.0. The Morgan fingerprint density at radius 3 is 2.48 bits per heavy atom. The standard InChI is InChI=1S/C20H24N2O/c21-18(11-16(14-23)10-15-6-2-1-3-7-15)12-17-13-22-20-9-5-4-8-19(17)20/h1-9,13,16,18,22-23H,10-12,14,21H2. The summed E-state index contributed by atoms with van der Waals surface area (Å²) in [5, 5.41) is 10.9. The molecule has 0 aliphatic rings. The summed E-state index contributed by atoms with van der Waals surface area (Å²) in [4.78, 5) is 3.30. The van der Waals surface area contributed by atoms with Crippen molar-refractivity contribution in [3.05, 3.63) is 71.9 Å². The van der Waals surface area contributed by atoms with Crippen molar-refractivity contribution in [1.82, 2.24) is 4.98 Å². The van der Waals surface area contributed by atoms with E-state index in [1.165, 1.54) is 16.5 Å². The van der Waals surface area contributed by atoms with Crippen molar-refractivity contribution in [2.45, 2.75) is 25.3 Å². The van der Waals surface area contributed by atoms with Crippen LogP contribution in [0.25, 0.3) is 10.9 Å². The smallest absolute Gasteiger partial charge is 0.0463 e. The lowest BCUT2D eigenvalue weighted by atomic mass is 9.91. The summed E-state index contributed by atoms with van der Waals surface area (Å²) in [6.07, 6.45) is 4.58. The molecule has 0 bridgehead atoms. The minimum Gasteiger partial charge on any atom is -0.396 e. The lowest BCUT2D eigenvalue weighted by Gasteiger charge is -2.19. The van der Waals surface area contributed by atoms with Crippen LogP contribution in [0.1, 0.15) is 17.5 Å². The molecule has 0 aliphatic heterocycles. The van der Waals surface area contributed by atoms with Crippen LogP contribution < -0.4 is 5.73 Å². The molecule has 0 saturated heterocycles. The minimum atomic E-state index is 0.0510. The SMILES string of the molecule is NC(Cc1c[nH]c2ccccc12)CC(CO)Cc1ccccc1. The van der Waals surface area contributed by atoms with Gasteiger partial charge in [0, 0.05) is 29.7 Å². The lowest BCUT2D eigenvalue weighted by molar-refractivity contribution is 0.210. The number of para-hydroxylation sites is 1. The molecule has 1 aromatic heterocycles. The van der Waals surface area contributed by atoms with Crippen molar-refractivity contribution < 1.29 is 5.11 Å². The Kier molecular flexibility index (Phi) is 5.11. The van der Waals surface area contributed by atoms with Gasteiger partial charge in [-0.2, -0.15) is 0 Å². The lowest BCUT2D eigenvalue weighted by Crippen LogP contribution is -2.28. The van der Waals surface area contributed by atoms with Gasteiger partial charge in [-0.15, -0.1) is 0 Å². The Morgan fingerprint density at radius 2 is 1.70 bits per heavy atom. The van der Waals surface area contributed by atoms with Gasteiger partial charge >= 0.3 is 0 Å². The highest BCUT2D eigenvalue weighted by Crippen LogP contribution is 2.21. The van der Waals surface area contributed by atoms with Gasteiger partial charge in [-0.05, 0) is 42.4 Å². The van der Waals surface area contributed by atoms with Crippen LogP contribution in [0.15, 0.2) is 60.8 Å². The van der Waals surface area contributed by atoms with Crippen LogP contribution in [-0.4, -0.2) is 22.7 Å². The van der Waals surface area contributed by atoms with E-state index in [-0.39, 0.29) is 18.6 Å². The molecule has 120 valence electrons. The van der Waals surface area contributed by atoms with Crippen LogP contribution in [0, 0.1) is 5.92 Å². The molecule has 0 aliphatic carbocycles. The second-order valence-electron chi connectivity index (χ2n) is 6.30. The fraction of sp³-hybridized carbons (Fsp3) is 0.300. The van der Waals surface area contributed by atoms with Gasteiger partial charge in [0.05, 0.1) is 0 Å². The number of hydrogen-bond donors (Lipinski definition) is 3. The first-order valence-corrected chi connectivity index (χ1v) is 8.21. The summed E-state index contributed by atoms with van der Waals surface area (Å²) in [5.41, 5.74) is 10.0. The molecule has 4 N–H and O–H groups in total. The first-order chi connectivity index (χ1) is 11.3. The number of aromatic nitrogens is 1. The highest BCUT2D eigenvalue weighted by molar-refractivity contribution is 5.83. The zero-order valence-corrected chi connectivity index (χ0v) is 13.3. The monoisotopic (exact) mass is 308 g/mol. The Bertz CT molecular complexity index is 735. The summed E-state index contributed by atoms with van der Waals surface area (Å²) in [6, 6.07) is 18.6. The maximum Gasteiger partial charge on any atom is 0.0463 e. The van der Waals surface area contributed by atoms with E-state index in [2.05, 4.69) is 41.5 Å². The van der Waals surface area contributed by atoms with E-state index in [0.29, 0.717) is 0 Å². The average molecular weight is 308 g/mol. The average Bonchev–Trinajstić information content (AvgIpc) is 2.98. The first-order valence-electron chi connectivity index (χ1n) is 8.21. The van der Waals surface area contributed by atoms with Crippen molar-refractivity contribution in [2.24, 2.45) is 11.7 Å². The molecule has 3 nitrogen and oxygen atoms in total. The number of nitrogens with two attached hydrogens (primary N) is 1. The molecule has 3 aromatic rings. The fourth-order valence-corrected chi connectivity index (χ4v) is 3.26. The van der Waals surface area contributed by atoms with Crippen molar-refractivity contribution in [1.29, 1.82) is 0 Å². The molecule has 3 heteroatoms. The molecule has 2 atom stereocenters. The third kappa shape index (κ3) is 4.01. The predicted octanol–water partition coefficient (Wildman–Crippen LogP) is 3.28. The number of hydrogen-bond acceptors (Lipinski definition) is 2. The van der Waals surface area contributed by atoms with E-state index in [1.807, 2.05) is 24.3 Å². The summed E-state index contributed by atoms with van der Waals surface area (Å²) >= 11 is 0. The summed E-state index contributed by atoms with van der Waals surface area (Å²) in [5.74, 6) is 0.206. The number of rotatable bonds is 7. The third-order valence-corrected chi connectivity index (χ3v) is 4.42. The van der Waals surface area contributed by atoms with E-state index in [4.69, 9.17) is 5.73 Å². The van der Waals surface area contributed by atoms with Crippen LogP contribution in [0.2, 0.25) is 0 Å². The van der Waals surface area contributed by atoms with Gasteiger partial charge < -0.3 is 15.8 Å². The topological polar surface area (TPSA) is 62.0 Å². The van der Waals surface area contributed by atoms with Gasteiger partial charge in [0.1, 0.15) is 0 Å². The Balaban J connectivity index is 1.62. The Labute approximate surface area is 137 Å². The summed E-state index contributed by atoms with van der Waals surface area (Å²) in [7, 11) is 0. The van der Waals surface area contributed by atoms with Crippen molar-refractivity contribution >= 4 is 10.9 Å². The maximum atomic E-state index is 9.67. The van der Waals surface area contributed by atoms with E-state index >= 15 is 0 Å². The minimum absolute atomic E-state index is 0.0510. The largest absolute Gasteiger partial charge is 0.396 e. The fourth-order valence-electron chi connectivity index (χ4n) is 3.26. The number of aromatic amines is 1. The highest BCUT2D eigenvalue weighted by Gasteiger charge is 2.15. The van der Waals surface area contributed by atoms with Gasteiger partial charge in [0.2, 0.25) is 0 Å². The molecule has 2 unspecified atom stereocenters. The van der Waals surface area contributed by atoms with Gasteiger partial charge in [0.15, 0.2) is 0 Å². The quantitative estimate of drug-likeness (QED) is 0.627. The van der Waals surface area contributed by atoms with Crippen molar-refractivity contribution in [3.63, 3.8) is 0 Å². The molecule has 0 fully saturated rings. The number of H-pyrrole nitrogens is 1. The zero-order chi connectivity index (χ0) is 16.1. The van der Waals surface area contributed by atoms with Gasteiger partial charge in [-0.25, -0.2) is 0 Å². The third-order valence-electron chi connectivity index (χ3n) is 4.42. The molecular weight excluding hydrogens is 284 g/mol. The number of aliphatic hydroxyl groups is 1. The molecule has 0 radical (unpaired) electrons. The molecule has 23 heavy (non-hydrogen) atoms. The zero-order valence-electron chi connectivity index (χ0n) is 13.3. The molecule has 0 spiro atoms. The van der Waals surface area contributed by atoms with Crippen molar-refractivity contribution in [2.75, 3.05) is 6.61 Å². The second kappa shape index (κ2) is 7.44. The molecule has 3 rings (SSSR count). The number of benzene rings is 2. The molecule has 1 heterocycles. The molecule has 0 saturated carbocycles. The van der Waals surface area contributed by atoms with Crippen LogP contribution in [-0.2, 0) is 12.8 Å². The van der Waals surface area contributed by atoms with Crippen LogP contribution in [0.3, 0.4) is 0 Å². The van der Waals surface area contributed by atoms with Crippen LogP contribution in [0.5, 0.6) is 0 Å². The number of aliphatic hydroxyl groups excluding tert-OH is 1. The number of fused-ring (bicyclic) bond motifs is 1. The van der Waals surface area contributed by atoms with E-state index in [1.54, 1.807) is 0 Å². The van der Waals surface area contributed by atoms with Gasteiger partial charge in [-0.1, -0.05) is 48.5 Å². The Hall–Kier alpha value is -2.10. The molecule has 0 amide bonds. The first kappa shape index (κ1) is 15.8. The summed E-state index contributed by atoms with van der Waals surface area (Å²) < 4.78 is 0.